The van der Waals surface area contributed by atoms with E-state index in [2.05, 4.69) is 5.32 Å². The summed E-state index contributed by atoms with van der Waals surface area (Å²) in [5.41, 5.74) is 2.61. The largest absolute Gasteiger partial charge is 0.497 e. The molecular formula is C35H38FN3O5S. The van der Waals surface area contributed by atoms with Gasteiger partial charge in [-0.3, -0.25) is 13.9 Å². The fourth-order valence-corrected chi connectivity index (χ4v) is 6.25. The first-order valence-corrected chi connectivity index (χ1v) is 16.0. The molecule has 4 aromatic rings. The molecule has 0 spiro atoms. The van der Waals surface area contributed by atoms with Crippen LogP contribution in [0.25, 0.3) is 0 Å². The lowest BCUT2D eigenvalue weighted by Gasteiger charge is -2.34. The van der Waals surface area contributed by atoms with Crippen LogP contribution in [0.5, 0.6) is 5.75 Å². The number of sulfonamides is 1. The van der Waals surface area contributed by atoms with Crippen LogP contribution >= 0.6 is 0 Å². The highest BCUT2D eigenvalue weighted by Crippen LogP contribution is 2.27. The monoisotopic (exact) mass is 631 g/mol. The number of nitrogens with zero attached hydrogens (tertiary/aromatic N) is 2. The summed E-state index contributed by atoms with van der Waals surface area (Å²) < 4.78 is 48.3. The number of hydrogen-bond acceptors (Lipinski definition) is 5. The molecule has 0 aliphatic carbocycles. The smallest absolute Gasteiger partial charge is 0.264 e. The Hall–Kier alpha value is -4.70. The molecule has 0 saturated carbocycles. The van der Waals surface area contributed by atoms with E-state index in [-0.39, 0.29) is 35.5 Å². The summed E-state index contributed by atoms with van der Waals surface area (Å²) in [7, 11) is -2.76. The van der Waals surface area contributed by atoms with Crippen molar-refractivity contribution in [3.05, 3.63) is 126 Å². The maximum Gasteiger partial charge on any atom is 0.264 e. The van der Waals surface area contributed by atoms with Gasteiger partial charge in [-0.25, -0.2) is 12.8 Å². The molecule has 2 amide bonds. The Balaban J connectivity index is 1.79. The van der Waals surface area contributed by atoms with Crippen LogP contribution in [0.3, 0.4) is 0 Å². The van der Waals surface area contributed by atoms with E-state index in [1.54, 1.807) is 36.4 Å². The summed E-state index contributed by atoms with van der Waals surface area (Å²) in [6, 6.07) is 26.5. The molecule has 4 aromatic carbocycles. The van der Waals surface area contributed by atoms with Crippen molar-refractivity contribution in [2.45, 2.75) is 50.7 Å². The number of nitrogens with one attached hydrogen (secondary N) is 1. The number of amides is 2. The molecule has 0 aromatic heterocycles. The highest BCUT2D eigenvalue weighted by atomic mass is 32.2. The number of halogens is 1. The van der Waals surface area contributed by atoms with Crippen molar-refractivity contribution in [1.82, 2.24) is 10.2 Å². The van der Waals surface area contributed by atoms with Gasteiger partial charge in [0.2, 0.25) is 11.8 Å². The second kappa shape index (κ2) is 14.9. The van der Waals surface area contributed by atoms with Crippen LogP contribution in [-0.4, -0.2) is 50.9 Å². The Bertz CT molecular complexity index is 1680. The minimum Gasteiger partial charge on any atom is -0.497 e. The Morgan fingerprint density at radius 2 is 1.47 bits per heavy atom. The average molecular weight is 632 g/mol. The van der Waals surface area contributed by atoms with Gasteiger partial charge in [-0.1, -0.05) is 60.2 Å². The van der Waals surface area contributed by atoms with E-state index < -0.39 is 34.3 Å². The SMILES string of the molecule is COc1ccc(S(=O)(=O)N(CC(=O)N(Cc2ccc(F)cc2)[C@@H](Cc2ccccc2)C(=O)NC(C)C)c2ccc(C)cc2)cc1. The maximum absolute atomic E-state index is 14.4. The highest BCUT2D eigenvalue weighted by molar-refractivity contribution is 7.92. The molecule has 10 heteroatoms. The summed E-state index contributed by atoms with van der Waals surface area (Å²) >= 11 is 0. The number of carbonyl (C=O) groups excluding carboxylic acids is 2. The summed E-state index contributed by atoms with van der Waals surface area (Å²) in [6.45, 7) is 4.89. The minimum absolute atomic E-state index is 0.0276. The van der Waals surface area contributed by atoms with Crippen molar-refractivity contribution in [2.24, 2.45) is 0 Å². The molecule has 1 N–H and O–H groups in total. The zero-order chi connectivity index (χ0) is 32.6. The minimum atomic E-state index is -4.24. The molecule has 1 atom stereocenters. The Kier molecular flexibility index (Phi) is 11.0. The van der Waals surface area contributed by atoms with Crippen LogP contribution in [0, 0.1) is 12.7 Å². The molecule has 4 rings (SSSR count). The third-order valence-corrected chi connectivity index (χ3v) is 9.00. The number of methoxy groups -OCH3 is 1. The predicted molar refractivity (Wildman–Crippen MR) is 173 cm³/mol. The van der Waals surface area contributed by atoms with Gasteiger partial charge >= 0.3 is 0 Å². The number of aryl methyl sites for hydroxylation is 1. The van der Waals surface area contributed by atoms with Crippen LogP contribution < -0.4 is 14.4 Å². The Morgan fingerprint density at radius 3 is 2.04 bits per heavy atom. The quantitative estimate of drug-likeness (QED) is 0.210. The standard InChI is InChI=1S/C35H38FN3O5S/c1-25(2)37-35(41)33(22-27-8-6-5-7-9-27)38(23-28-12-14-29(36)15-13-28)34(40)24-39(30-16-10-26(3)11-17-30)45(42,43)32-20-18-31(44-4)19-21-32/h5-21,25,33H,22-24H2,1-4H3,(H,37,41)/t33-/m0/s1. The van der Waals surface area contributed by atoms with Crippen molar-refractivity contribution in [3.63, 3.8) is 0 Å². The molecule has 236 valence electrons. The van der Waals surface area contributed by atoms with E-state index in [1.807, 2.05) is 51.1 Å². The van der Waals surface area contributed by atoms with Gasteiger partial charge in [-0.15, -0.1) is 0 Å². The van der Waals surface area contributed by atoms with Crippen molar-refractivity contribution in [2.75, 3.05) is 18.0 Å². The zero-order valence-electron chi connectivity index (χ0n) is 25.8. The van der Waals surface area contributed by atoms with Crippen LogP contribution in [0.4, 0.5) is 10.1 Å². The van der Waals surface area contributed by atoms with Gasteiger partial charge < -0.3 is 15.0 Å². The van der Waals surface area contributed by atoms with E-state index >= 15 is 0 Å². The second-order valence-electron chi connectivity index (χ2n) is 11.0. The lowest BCUT2D eigenvalue weighted by molar-refractivity contribution is -0.140. The van der Waals surface area contributed by atoms with Crippen LogP contribution in [-0.2, 0) is 32.6 Å². The first-order valence-electron chi connectivity index (χ1n) is 14.6. The van der Waals surface area contributed by atoms with E-state index in [9.17, 15) is 22.4 Å². The van der Waals surface area contributed by atoms with Gasteiger partial charge in [0.05, 0.1) is 17.7 Å². The van der Waals surface area contributed by atoms with Gasteiger partial charge in [0.25, 0.3) is 10.0 Å². The third kappa shape index (κ3) is 8.69. The molecule has 0 aliphatic heterocycles. The van der Waals surface area contributed by atoms with Crippen molar-refractivity contribution < 1.29 is 27.1 Å². The summed E-state index contributed by atoms with van der Waals surface area (Å²) in [5, 5.41) is 2.91. The Morgan fingerprint density at radius 1 is 0.844 bits per heavy atom. The van der Waals surface area contributed by atoms with Gasteiger partial charge in [0.1, 0.15) is 24.2 Å². The lowest BCUT2D eigenvalue weighted by Crippen LogP contribution is -2.54. The first kappa shape index (κ1) is 33.2. The number of anilines is 1. The molecule has 0 radical (unpaired) electrons. The molecule has 0 saturated heterocycles. The summed E-state index contributed by atoms with van der Waals surface area (Å²) in [6.07, 6.45) is 0.183. The fraction of sp³-hybridized carbons (Fsp3) is 0.257. The number of carbonyl (C=O) groups is 2. The molecule has 0 aliphatic rings. The van der Waals surface area contributed by atoms with E-state index in [0.717, 1.165) is 15.4 Å². The molecular weight excluding hydrogens is 593 g/mol. The zero-order valence-corrected chi connectivity index (χ0v) is 26.6. The summed E-state index contributed by atoms with van der Waals surface area (Å²) in [5.74, 6) is -0.940. The normalized spacial score (nSPS) is 12.0. The number of ether oxygens (including phenoxy) is 1. The first-order chi connectivity index (χ1) is 21.5. The van der Waals surface area contributed by atoms with Crippen molar-refractivity contribution in [1.29, 1.82) is 0 Å². The molecule has 0 unspecified atom stereocenters. The average Bonchev–Trinajstić information content (AvgIpc) is 3.03. The highest BCUT2D eigenvalue weighted by Gasteiger charge is 2.34. The van der Waals surface area contributed by atoms with Crippen molar-refractivity contribution in [3.8, 4) is 5.75 Å². The molecule has 0 fully saturated rings. The molecule has 0 bridgehead atoms. The van der Waals surface area contributed by atoms with E-state index in [4.69, 9.17) is 4.74 Å². The van der Waals surface area contributed by atoms with E-state index in [1.165, 1.54) is 48.4 Å². The number of rotatable bonds is 13. The topological polar surface area (TPSA) is 96.0 Å². The van der Waals surface area contributed by atoms with Gasteiger partial charge in [0.15, 0.2) is 0 Å². The van der Waals surface area contributed by atoms with Gasteiger partial charge in [0, 0.05) is 19.0 Å². The fourth-order valence-electron chi connectivity index (χ4n) is 4.84. The molecule has 8 nitrogen and oxygen atoms in total. The summed E-state index contributed by atoms with van der Waals surface area (Å²) in [4.78, 5) is 29.5. The molecule has 0 heterocycles. The van der Waals surface area contributed by atoms with Crippen LogP contribution in [0.2, 0.25) is 0 Å². The third-order valence-electron chi connectivity index (χ3n) is 7.22. The number of benzene rings is 4. The van der Waals surface area contributed by atoms with Crippen LogP contribution in [0.15, 0.2) is 108 Å². The maximum atomic E-state index is 14.4. The van der Waals surface area contributed by atoms with Gasteiger partial charge in [-0.2, -0.15) is 0 Å². The molecule has 45 heavy (non-hydrogen) atoms. The lowest BCUT2D eigenvalue weighted by atomic mass is 10.0. The predicted octanol–water partition coefficient (Wildman–Crippen LogP) is 5.50. The van der Waals surface area contributed by atoms with Crippen molar-refractivity contribution >= 4 is 27.5 Å². The second-order valence-corrected chi connectivity index (χ2v) is 12.9. The Labute approximate surface area is 264 Å². The van der Waals surface area contributed by atoms with E-state index in [0.29, 0.717) is 11.3 Å². The van der Waals surface area contributed by atoms with Gasteiger partial charge in [-0.05, 0) is 80.4 Å². The number of hydrogen-bond donors (Lipinski definition) is 1. The van der Waals surface area contributed by atoms with Crippen LogP contribution in [0.1, 0.15) is 30.5 Å².